The number of nitrogens with zero attached hydrogens (tertiary/aromatic N) is 3. The number of nitrogen functional groups attached to an aromatic ring is 1. The van der Waals surface area contributed by atoms with Gasteiger partial charge in [0.15, 0.2) is 5.82 Å². The first kappa shape index (κ1) is 12.1. The highest BCUT2D eigenvalue weighted by atomic mass is 16.3. The van der Waals surface area contributed by atoms with Gasteiger partial charge in [-0.25, -0.2) is 4.98 Å². The smallest absolute Gasteiger partial charge is 0.152 e. The van der Waals surface area contributed by atoms with Crippen LogP contribution in [0.25, 0.3) is 0 Å². The number of aromatic nitrogens is 1. The number of aliphatic hydroxyl groups is 1. The second-order valence-electron chi connectivity index (χ2n) is 4.42. The van der Waals surface area contributed by atoms with Gasteiger partial charge in [-0.05, 0) is 18.6 Å². The van der Waals surface area contributed by atoms with E-state index in [-0.39, 0.29) is 6.61 Å². The fourth-order valence-electron chi connectivity index (χ4n) is 2.13. The number of hydrogen-bond acceptors (Lipinski definition) is 5. The lowest BCUT2D eigenvalue weighted by molar-refractivity contribution is 0.188. The van der Waals surface area contributed by atoms with Crippen LogP contribution < -0.4 is 10.6 Å². The second kappa shape index (κ2) is 5.33. The molecule has 0 aliphatic carbocycles. The van der Waals surface area contributed by atoms with Crippen LogP contribution in [-0.2, 0) is 0 Å². The van der Waals surface area contributed by atoms with E-state index in [1.165, 1.54) is 0 Å². The molecule has 1 saturated heterocycles. The predicted molar refractivity (Wildman–Crippen MR) is 69.1 cm³/mol. The number of pyridine rings is 1. The van der Waals surface area contributed by atoms with Gasteiger partial charge < -0.3 is 15.7 Å². The van der Waals surface area contributed by atoms with Gasteiger partial charge in [-0.1, -0.05) is 0 Å². The van der Waals surface area contributed by atoms with Gasteiger partial charge in [-0.3, -0.25) is 4.90 Å². The van der Waals surface area contributed by atoms with Crippen LogP contribution >= 0.6 is 0 Å². The van der Waals surface area contributed by atoms with Crippen molar-refractivity contribution >= 4 is 11.5 Å². The maximum atomic E-state index is 8.89. The highest BCUT2D eigenvalue weighted by Gasteiger charge is 2.19. The van der Waals surface area contributed by atoms with Crippen LogP contribution in [0.3, 0.4) is 0 Å². The van der Waals surface area contributed by atoms with E-state index in [1.54, 1.807) is 6.20 Å². The average molecular weight is 236 g/mol. The van der Waals surface area contributed by atoms with Gasteiger partial charge >= 0.3 is 0 Å². The molecule has 0 spiro atoms. The summed E-state index contributed by atoms with van der Waals surface area (Å²) in [4.78, 5) is 8.84. The van der Waals surface area contributed by atoms with E-state index in [0.29, 0.717) is 0 Å². The van der Waals surface area contributed by atoms with Gasteiger partial charge in [0.25, 0.3) is 0 Å². The zero-order valence-electron chi connectivity index (χ0n) is 10.3. The summed E-state index contributed by atoms with van der Waals surface area (Å²) < 4.78 is 0. The molecule has 3 N–H and O–H groups in total. The molecule has 0 atom stereocenters. The minimum atomic E-state index is 0.227. The van der Waals surface area contributed by atoms with E-state index >= 15 is 0 Å². The zero-order chi connectivity index (χ0) is 12.3. The van der Waals surface area contributed by atoms with Crippen LogP contribution in [0.1, 0.15) is 5.56 Å². The summed E-state index contributed by atoms with van der Waals surface area (Å²) in [5.41, 5.74) is 7.91. The lowest BCUT2D eigenvalue weighted by atomic mass is 10.2. The Kier molecular flexibility index (Phi) is 3.81. The summed E-state index contributed by atoms with van der Waals surface area (Å²) in [6.07, 6.45) is 1.81. The monoisotopic (exact) mass is 236 g/mol. The van der Waals surface area contributed by atoms with Gasteiger partial charge in [0.05, 0.1) is 12.3 Å². The van der Waals surface area contributed by atoms with Crippen molar-refractivity contribution in [1.29, 1.82) is 0 Å². The first-order valence-electron chi connectivity index (χ1n) is 6.01. The zero-order valence-corrected chi connectivity index (χ0v) is 10.3. The number of β-amino-alcohol motifs (C(OH)–C–C–N with tert-alkyl or cyclic N) is 1. The molecule has 0 amide bonds. The Hall–Kier alpha value is -1.33. The molecular formula is C12H20N4O. The number of nitrogens with two attached hydrogens (primary N) is 1. The quantitative estimate of drug-likeness (QED) is 0.778. The third kappa shape index (κ3) is 2.68. The third-order valence-electron chi connectivity index (χ3n) is 3.28. The first-order chi connectivity index (χ1) is 8.22. The van der Waals surface area contributed by atoms with E-state index < -0.39 is 0 Å². The van der Waals surface area contributed by atoms with E-state index in [4.69, 9.17) is 10.8 Å². The molecular weight excluding hydrogens is 216 g/mol. The molecule has 0 unspecified atom stereocenters. The molecule has 0 radical (unpaired) electrons. The number of aryl methyl sites for hydroxylation is 1. The number of anilines is 2. The topological polar surface area (TPSA) is 65.6 Å². The predicted octanol–water partition coefficient (Wildman–Crippen LogP) is 0.0865. The summed E-state index contributed by atoms with van der Waals surface area (Å²) >= 11 is 0. The molecule has 0 bridgehead atoms. The first-order valence-corrected chi connectivity index (χ1v) is 6.01. The van der Waals surface area contributed by atoms with Crippen molar-refractivity contribution in [1.82, 2.24) is 9.88 Å². The van der Waals surface area contributed by atoms with E-state index in [1.807, 2.05) is 13.0 Å². The molecule has 1 aliphatic heterocycles. The molecule has 1 fully saturated rings. The van der Waals surface area contributed by atoms with Crippen molar-refractivity contribution in [2.45, 2.75) is 6.92 Å². The molecule has 0 saturated carbocycles. The third-order valence-corrected chi connectivity index (χ3v) is 3.28. The minimum absolute atomic E-state index is 0.227. The molecule has 17 heavy (non-hydrogen) atoms. The molecule has 1 aromatic rings. The van der Waals surface area contributed by atoms with Gasteiger partial charge in [0.2, 0.25) is 0 Å². The maximum Gasteiger partial charge on any atom is 0.152 e. The lowest BCUT2D eigenvalue weighted by Crippen LogP contribution is -2.47. The summed E-state index contributed by atoms with van der Waals surface area (Å²) in [6, 6.07) is 1.93. The van der Waals surface area contributed by atoms with Crippen LogP contribution in [0.4, 0.5) is 11.5 Å². The number of rotatable bonds is 3. The molecule has 1 aliphatic rings. The summed E-state index contributed by atoms with van der Waals surface area (Å²) in [7, 11) is 0. The normalized spacial score (nSPS) is 17.4. The fraction of sp³-hybridized carbons (Fsp3) is 0.583. The number of aliphatic hydroxyl groups excluding tert-OH is 1. The number of piperazine rings is 1. The SMILES string of the molecule is Cc1ccnc(N2CCN(CCO)CC2)c1N. The number of hydrogen-bond donors (Lipinski definition) is 2. The maximum absolute atomic E-state index is 8.89. The Morgan fingerprint density at radius 2 is 2.06 bits per heavy atom. The van der Waals surface area contributed by atoms with Crippen molar-refractivity contribution < 1.29 is 5.11 Å². The van der Waals surface area contributed by atoms with Crippen LogP contribution in [0.2, 0.25) is 0 Å². The molecule has 1 aromatic heterocycles. The summed E-state index contributed by atoms with van der Waals surface area (Å²) in [5, 5.41) is 8.89. The molecule has 94 valence electrons. The Bertz CT molecular complexity index is 375. The van der Waals surface area contributed by atoms with Gasteiger partial charge in [0.1, 0.15) is 0 Å². The van der Waals surface area contributed by atoms with E-state index in [0.717, 1.165) is 49.8 Å². The van der Waals surface area contributed by atoms with Crippen molar-refractivity contribution in [3.8, 4) is 0 Å². The Morgan fingerprint density at radius 3 is 2.71 bits per heavy atom. The van der Waals surface area contributed by atoms with Crippen LogP contribution in [-0.4, -0.2) is 54.3 Å². The fourth-order valence-corrected chi connectivity index (χ4v) is 2.13. The molecule has 5 nitrogen and oxygen atoms in total. The molecule has 5 heteroatoms. The van der Waals surface area contributed by atoms with Gasteiger partial charge in [-0.15, -0.1) is 0 Å². The highest BCUT2D eigenvalue weighted by Crippen LogP contribution is 2.23. The van der Waals surface area contributed by atoms with Crippen molar-refractivity contribution in [3.63, 3.8) is 0 Å². The van der Waals surface area contributed by atoms with Crippen LogP contribution in [0, 0.1) is 6.92 Å². The molecule has 2 heterocycles. The Balaban J connectivity index is 2.03. The summed E-state index contributed by atoms with van der Waals surface area (Å²) in [6.45, 7) is 6.73. The van der Waals surface area contributed by atoms with Crippen molar-refractivity contribution in [2.75, 3.05) is 50.0 Å². The Morgan fingerprint density at radius 1 is 1.35 bits per heavy atom. The molecule has 0 aromatic carbocycles. The van der Waals surface area contributed by atoms with Gasteiger partial charge in [0, 0.05) is 38.9 Å². The van der Waals surface area contributed by atoms with Crippen LogP contribution in [0.15, 0.2) is 12.3 Å². The summed E-state index contributed by atoms with van der Waals surface area (Å²) in [5.74, 6) is 0.897. The lowest BCUT2D eigenvalue weighted by Gasteiger charge is -2.35. The average Bonchev–Trinajstić information content (AvgIpc) is 2.34. The van der Waals surface area contributed by atoms with Crippen LogP contribution in [0.5, 0.6) is 0 Å². The van der Waals surface area contributed by atoms with Gasteiger partial charge in [-0.2, -0.15) is 0 Å². The van der Waals surface area contributed by atoms with Crippen molar-refractivity contribution in [2.24, 2.45) is 0 Å². The largest absolute Gasteiger partial charge is 0.396 e. The standard InChI is InChI=1S/C12H20N4O/c1-10-2-3-14-12(11(10)13)16-6-4-15(5-7-16)8-9-17/h2-3,17H,4-9,13H2,1H3. The second-order valence-corrected chi connectivity index (χ2v) is 4.42. The molecule has 2 rings (SSSR count). The minimum Gasteiger partial charge on any atom is -0.396 e. The Labute approximate surface area is 102 Å². The highest BCUT2D eigenvalue weighted by molar-refractivity contribution is 5.66. The van der Waals surface area contributed by atoms with E-state index in [2.05, 4.69) is 14.8 Å². The van der Waals surface area contributed by atoms with Crippen molar-refractivity contribution in [3.05, 3.63) is 17.8 Å². The van der Waals surface area contributed by atoms with E-state index in [9.17, 15) is 0 Å².